The van der Waals surface area contributed by atoms with Gasteiger partial charge in [-0.3, -0.25) is 9.69 Å². The van der Waals surface area contributed by atoms with Gasteiger partial charge < -0.3 is 4.90 Å². The third-order valence-electron chi connectivity index (χ3n) is 4.41. The van der Waals surface area contributed by atoms with E-state index in [0.29, 0.717) is 26.2 Å². The zero-order valence-corrected chi connectivity index (χ0v) is 13.9. The molecule has 0 spiro atoms. The summed E-state index contributed by atoms with van der Waals surface area (Å²) in [7, 11) is 0. The van der Waals surface area contributed by atoms with Crippen LogP contribution in [-0.4, -0.2) is 41.9 Å². The quantitative estimate of drug-likeness (QED) is 0.794. The number of carbonyl (C=O) groups is 1. The van der Waals surface area contributed by atoms with Crippen LogP contribution < -0.4 is 0 Å². The lowest BCUT2D eigenvalue weighted by Gasteiger charge is -2.35. The first kappa shape index (κ1) is 17.5. The maximum atomic E-state index is 13.8. The number of rotatable bonds is 3. The van der Waals surface area contributed by atoms with Gasteiger partial charge in [0.15, 0.2) is 17.5 Å². The minimum absolute atomic E-state index is 0.420. The van der Waals surface area contributed by atoms with E-state index >= 15 is 0 Å². The Bertz CT molecular complexity index is 786. The number of hydrogen-bond donors (Lipinski definition) is 0. The molecule has 0 saturated carbocycles. The maximum absolute atomic E-state index is 13.8. The van der Waals surface area contributed by atoms with Gasteiger partial charge in [0.2, 0.25) is 0 Å². The molecule has 2 aromatic rings. The number of halogens is 3. The highest BCUT2D eigenvalue weighted by Gasteiger charge is 2.26. The molecule has 1 amide bonds. The summed E-state index contributed by atoms with van der Waals surface area (Å²) < 4.78 is 40.1. The molecular formula is C19H19F3N2O. The summed E-state index contributed by atoms with van der Waals surface area (Å²) in [5, 5.41) is 0. The smallest absolute Gasteiger partial charge is 0.257 e. The second-order valence-corrected chi connectivity index (χ2v) is 6.28. The highest BCUT2D eigenvalue weighted by atomic mass is 19.2. The summed E-state index contributed by atoms with van der Waals surface area (Å²) >= 11 is 0. The lowest BCUT2D eigenvalue weighted by Crippen LogP contribution is -2.48. The van der Waals surface area contributed by atoms with Gasteiger partial charge >= 0.3 is 0 Å². The molecule has 1 saturated heterocycles. The largest absolute Gasteiger partial charge is 0.336 e. The summed E-state index contributed by atoms with van der Waals surface area (Å²) in [5.74, 6) is -4.93. The van der Waals surface area contributed by atoms with E-state index in [4.69, 9.17) is 0 Å². The van der Waals surface area contributed by atoms with Crippen molar-refractivity contribution in [1.82, 2.24) is 9.80 Å². The normalized spacial score (nSPS) is 15.4. The van der Waals surface area contributed by atoms with Crippen LogP contribution in [-0.2, 0) is 6.54 Å². The topological polar surface area (TPSA) is 23.6 Å². The average molecular weight is 348 g/mol. The Labute approximate surface area is 144 Å². The first-order valence-electron chi connectivity index (χ1n) is 8.16. The van der Waals surface area contributed by atoms with E-state index in [2.05, 4.69) is 17.0 Å². The summed E-state index contributed by atoms with van der Waals surface area (Å²) in [5.41, 5.74) is 1.97. The summed E-state index contributed by atoms with van der Waals surface area (Å²) in [6.45, 7) is 4.95. The van der Waals surface area contributed by atoms with Crippen LogP contribution in [0.25, 0.3) is 0 Å². The van der Waals surface area contributed by atoms with Crippen LogP contribution >= 0.6 is 0 Å². The number of benzene rings is 2. The Balaban J connectivity index is 1.62. The van der Waals surface area contributed by atoms with Crippen molar-refractivity contribution in [3.63, 3.8) is 0 Å². The fourth-order valence-electron chi connectivity index (χ4n) is 3.04. The van der Waals surface area contributed by atoms with E-state index in [1.165, 1.54) is 16.0 Å². The van der Waals surface area contributed by atoms with Gasteiger partial charge in [-0.15, -0.1) is 0 Å². The molecule has 0 unspecified atom stereocenters. The van der Waals surface area contributed by atoms with Crippen molar-refractivity contribution in [2.24, 2.45) is 0 Å². The molecule has 0 bridgehead atoms. The third kappa shape index (κ3) is 3.85. The molecule has 2 aromatic carbocycles. The van der Waals surface area contributed by atoms with Crippen LogP contribution in [0.5, 0.6) is 0 Å². The van der Waals surface area contributed by atoms with Crippen molar-refractivity contribution < 1.29 is 18.0 Å². The molecule has 0 aromatic heterocycles. The first-order valence-corrected chi connectivity index (χ1v) is 8.16. The van der Waals surface area contributed by atoms with Crippen LogP contribution in [0.2, 0.25) is 0 Å². The van der Waals surface area contributed by atoms with Gasteiger partial charge in [-0.1, -0.05) is 29.8 Å². The van der Waals surface area contributed by atoms with Gasteiger partial charge in [0.1, 0.15) is 0 Å². The molecular weight excluding hydrogens is 329 g/mol. The first-order chi connectivity index (χ1) is 12.0. The van der Waals surface area contributed by atoms with Gasteiger partial charge in [0.25, 0.3) is 5.91 Å². The molecule has 3 rings (SSSR count). The number of nitrogens with zero attached hydrogens (tertiary/aromatic N) is 2. The lowest BCUT2D eigenvalue weighted by molar-refractivity contribution is 0.0622. The zero-order valence-electron chi connectivity index (χ0n) is 13.9. The van der Waals surface area contributed by atoms with Crippen molar-refractivity contribution in [2.75, 3.05) is 26.2 Å². The molecule has 6 heteroatoms. The molecule has 0 aliphatic carbocycles. The number of carbonyl (C=O) groups excluding carboxylic acids is 1. The number of hydrogen-bond acceptors (Lipinski definition) is 2. The van der Waals surface area contributed by atoms with Crippen LogP contribution in [0.4, 0.5) is 13.2 Å². The molecule has 0 atom stereocenters. The van der Waals surface area contributed by atoms with Crippen molar-refractivity contribution in [3.05, 3.63) is 70.5 Å². The predicted octanol–water partition coefficient (Wildman–Crippen LogP) is 3.37. The number of aryl methyl sites for hydroxylation is 1. The van der Waals surface area contributed by atoms with Crippen LogP contribution in [0.1, 0.15) is 21.5 Å². The predicted molar refractivity (Wildman–Crippen MR) is 88.7 cm³/mol. The van der Waals surface area contributed by atoms with Crippen molar-refractivity contribution >= 4 is 5.91 Å². The van der Waals surface area contributed by atoms with E-state index in [9.17, 15) is 18.0 Å². The Hall–Kier alpha value is -2.34. The molecule has 0 N–H and O–H groups in total. The molecule has 1 fully saturated rings. The summed E-state index contributed by atoms with van der Waals surface area (Å²) in [6, 6.07) is 10.00. The number of amides is 1. The Morgan fingerprint density at radius 1 is 1.00 bits per heavy atom. The van der Waals surface area contributed by atoms with E-state index in [0.717, 1.165) is 18.7 Å². The van der Waals surface area contributed by atoms with E-state index in [-0.39, 0.29) is 0 Å². The summed E-state index contributed by atoms with van der Waals surface area (Å²) in [6.07, 6.45) is 0. The Morgan fingerprint density at radius 2 is 1.72 bits per heavy atom. The molecule has 1 aliphatic heterocycles. The minimum atomic E-state index is -1.61. The molecule has 1 aliphatic rings. The zero-order chi connectivity index (χ0) is 18.0. The van der Waals surface area contributed by atoms with Gasteiger partial charge in [0.05, 0.1) is 5.56 Å². The van der Waals surface area contributed by atoms with Crippen LogP contribution in [0, 0.1) is 24.4 Å². The molecule has 25 heavy (non-hydrogen) atoms. The monoisotopic (exact) mass is 348 g/mol. The SMILES string of the molecule is Cc1cccc(CN2CCN(C(=O)c3ccc(F)c(F)c3F)CC2)c1. The van der Waals surface area contributed by atoms with Gasteiger partial charge in [-0.25, -0.2) is 13.2 Å². The van der Waals surface area contributed by atoms with Crippen LogP contribution in [0.3, 0.4) is 0 Å². The second-order valence-electron chi connectivity index (χ2n) is 6.28. The fraction of sp³-hybridized carbons (Fsp3) is 0.316. The molecule has 1 heterocycles. The lowest BCUT2D eigenvalue weighted by atomic mass is 10.1. The fourth-order valence-corrected chi connectivity index (χ4v) is 3.04. The van der Waals surface area contributed by atoms with Crippen LogP contribution in [0.15, 0.2) is 36.4 Å². The van der Waals surface area contributed by atoms with Crippen molar-refractivity contribution in [2.45, 2.75) is 13.5 Å². The standard InChI is InChI=1S/C19H19F3N2O/c1-13-3-2-4-14(11-13)12-23-7-9-24(10-8-23)19(25)15-5-6-16(20)18(22)17(15)21/h2-6,11H,7-10,12H2,1H3. The van der Waals surface area contributed by atoms with Gasteiger partial charge in [-0.05, 0) is 24.6 Å². The number of piperazine rings is 1. The molecule has 3 nitrogen and oxygen atoms in total. The van der Waals surface area contributed by atoms with Crippen molar-refractivity contribution in [3.8, 4) is 0 Å². The van der Waals surface area contributed by atoms with Crippen molar-refractivity contribution in [1.29, 1.82) is 0 Å². The minimum Gasteiger partial charge on any atom is -0.336 e. The second kappa shape index (κ2) is 7.27. The van der Waals surface area contributed by atoms with Gasteiger partial charge in [0, 0.05) is 32.7 Å². The Kier molecular flexibility index (Phi) is 5.08. The molecule has 132 valence electrons. The molecule has 0 radical (unpaired) electrons. The third-order valence-corrected chi connectivity index (χ3v) is 4.41. The van der Waals surface area contributed by atoms with E-state index in [1.807, 2.05) is 19.1 Å². The van der Waals surface area contributed by atoms with Gasteiger partial charge in [-0.2, -0.15) is 0 Å². The maximum Gasteiger partial charge on any atom is 0.257 e. The van der Waals surface area contributed by atoms with E-state index in [1.54, 1.807) is 0 Å². The van der Waals surface area contributed by atoms with E-state index < -0.39 is 28.9 Å². The summed E-state index contributed by atoms with van der Waals surface area (Å²) in [4.78, 5) is 16.1. The highest BCUT2D eigenvalue weighted by Crippen LogP contribution is 2.18. The average Bonchev–Trinajstić information content (AvgIpc) is 2.60. The highest BCUT2D eigenvalue weighted by molar-refractivity contribution is 5.94. The Morgan fingerprint density at radius 3 is 2.40 bits per heavy atom.